The first kappa shape index (κ1) is 11.5. The van der Waals surface area contributed by atoms with Crippen LogP contribution in [0.3, 0.4) is 0 Å². The van der Waals surface area contributed by atoms with Crippen LogP contribution in [0.25, 0.3) is 11.2 Å². The minimum atomic E-state index is 0.00418. The second-order valence-corrected chi connectivity index (χ2v) is 5.06. The van der Waals surface area contributed by atoms with Crippen LogP contribution in [0.5, 0.6) is 0 Å². The highest BCUT2D eigenvalue weighted by atomic mass is 15.1. The fraction of sp³-hybridized carbons (Fsp3) is 0.538. The summed E-state index contributed by atoms with van der Waals surface area (Å²) >= 11 is 0. The second kappa shape index (κ2) is 4.24. The maximum Gasteiger partial charge on any atom is 0.179 e. The lowest BCUT2D eigenvalue weighted by atomic mass is 9.91. The predicted molar refractivity (Wildman–Crippen MR) is 72.1 cm³/mol. The Balaban J connectivity index is 2.06. The summed E-state index contributed by atoms with van der Waals surface area (Å²) in [6, 6.07) is 3.75. The molecule has 1 saturated heterocycles. The fourth-order valence-electron chi connectivity index (χ4n) is 2.90. The van der Waals surface area contributed by atoms with Crippen molar-refractivity contribution in [3.8, 4) is 0 Å². The molecule has 1 unspecified atom stereocenters. The Hall–Kier alpha value is -1.62. The molecule has 1 aliphatic rings. The van der Waals surface area contributed by atoms with Crippen LogP contribution in [-0.2, 0) is 5.54 Å². The third kappa shape index (κ3) is 1.75. The maximum absolute atomic E-state index is 5.70. The van der Waals surface area contributed by atoms with Gasteiger partial charge in [-0.05, 0) is 37.9 Å². The van der Waals surface area contributed by atoms with E-state index in [1.165, 1.54) is 6.42 Å². The molecule has 5 heteroatoms. The molecule has 0 aliphatic carbocycles. The molecule has 0 radical (unpaired) electrons. The second-order valence-electron chi connectivity index (χ2n) is 5.06. The average molecular weight is 245 g/mol. The lowest BCUT2D eigenvalue weighted by Crippen LogP contribution is -2.37. The predicted octanol–water partition coefficient (Wildman–Crippen LogP) is 1.92. The Kier molecular flexibility index (Phi) is 2.70. The number of nitrogen functional groups attached to an aromatic ring is 1. The van der Waals surface area contributed by atoms with Gasteiger partial charge in [-0.25, -0.2) is 9.97 Å². The number of anilines is 1. The molecule has 0 bridgehead atoms. The number of hydrogen-bond acceptors (Lipinski definition) is 4. The molecule has 1 fully saturated rings. The number of aromatic nitrogens is 3. The molecular weight excluding hydrogens is 226 g/mol. The van der Waals surface area contributed by atoms with E-state index < -0.39 is 0 Å². The van der Waals surface area contributed by atoms with Crippen molar-refractivity contribution >= 4 is 17.0 Å². The van der Waals surface area contributed by atoms with Crippen LogP contribution in [0.15, 0.2) is 12.1 Å². The summed E-state index contributed by atoms with van der Waals surface area (Å²) in [4.78, 5) is 12.3. The van der Waals surface area contributed by atoms with E-state index in [0.29, 0.717) is 11.5 Å². The summed E-state index contributed by atoms with van der Waals surface area (Å²) in [5.41, 5.74) is 7.38. The molecule has 1 atom stereocenters. The first-order valence-electron chi connectivity index (χ1n) is 6.61. The van der Waals surface area contributed by atoms with Gasteiger partial charge in [-0.15, -0.1) is 0 Å². The van der Waals surface area contributed by atoms with Crippen LogP contribution in [-0.4, -0.2) is 21.5 Å². The number of fused-ring (bicyclic) bond motifs is 1. The van der Waals surface area contributed by atoms with E-state index in [1.807, 2.05) is 6.07 Å². The standard InChI is InChI=1S/C13H19N5/c1-2-6-13(7-3-8-15-13)12-16-9-4-5-10(14)17-11(9)18-12/h4-5,15H,2-3,6-8H2,1H3,(H3,14,16,17,18). The van der Waals surface area contributed by atoms with Gasteiger partial charge in [0.1, 0.15) is 11.6 Å². The largest absolute Gasteiger partial charge is 0.384 e. The molecule has 1 aliphatic heterocycles. The number of H-pyrrole nitrogens is 1. The van der Waals surface area contributed by atoms with E-state index in [2.05, 4.69) is 27.2 Å². The van der Waals surface area contributed by atoms with Gasteiger partial charge in [0.2, 0.25) is 0 Å². The Morgan fingerprint density at radius 3 is 3.00 bits per heavy atom. The number of hydrogen-bond donors (Lipinski definition) is 3. The third-order valence-electron chi connectivity index (χ3n) is 3.74. The van der Waals surface area contributed by atoms with Gasteiger partial charge in [0.05, 0.1) is 11.1 Å². The Labute approximate surface area is 106 Å². The molecule has 0 aromatic carbocycles. The lowest BCUT2D eigenvalue weighted by Gasteiger charge is -2.26. The molecule has 18 heavy (non-hydrogen) atoms. The average Bonchev–Trinajstić information content (AvgIpc) is 2.95. The van der Waals surface area contributed by atoms with Gasteiger partial charge in [0, 0.05) is 0 Å². The summed E-state index contributed by atoms with van der Waals surface area (Å²) in [7, 11) is 0. The molecule has 2 aromatic heterocycles. The van der Waals surface area contributed by atoms with Gasteiger partial charge in [0.15, 0.2) is 5.65 Å². The molecule has 0 amide bonds. The Morgan fingerprint density at radius 2 is 2.28 bits per heavy atom. The van der Waals surface area contributed by atoms with Gasteiger partial charge < -0.3 is 16.0 Å². The van der Waals surface area contributed by atoms with Crippen molar-refractivity contribution in [3.05, 3.63) is 18.0 Å². The van der Waals surface area contributed by atoms with Gasteiger partial charge in [-0.1, -0.05) is 13.3 Å². The Bertz CT molecular complexity index is 554. The van der Waals surface area contributed by atoms with Crippen LogP contribution in [0.4, 0.5) is 5.82 Å². The van der Waals surface area contributed by atoms with E-state index in [1.54, 1.807) is 6.07 Å². The van der Waals surface area contributed by atoms with Gasteiger partial charge in [-0.3, -0.25) is 0 Å². The van der Waals surface area contributed by atoms with Crippen molar-refractivity contribution in [2.45, 2.75) is 38.1 Å². The van der Waals surface area contributed by atoms with Crippen molar-refractivity contribution in [2.24, 2.45) is 0 Å². The lowest BCUT2D eigenvalue weighted by molar-refractivity contribution is 0.338. The van der Waals surface area contributed by atoms with Crippen molar-refractivity contribution in [1.82, 2.24) is 20.3 Å². The van der Waals surface area contributed by atoms with Crippen LogP contribution < -0.4 is 11.1 Å². The number of pyridine rings is 1. The quantitative estimate of drug-likeness (QED) is 0.771. The van der Waals surface area contributed by atoms with Gasteiger partial charge in [0.25, 0.3) is 0 Å². The minimum absolute atomic E-state index is 0.00418. The highest BCUT2D eigenvalue weighted by Crippen LogP contribution is 2.34. The van der Waals surface area contributed by atoms with Crippen molar-refractivity contribution in [3.63, 3.8) is 0 Å². The molecule has 2 aromatic rings. The first-order chi connectivity index (χ1) is 8.73. The van der Waals surface area contributed by atoms with E-state index >= 15 is 0 Å². The number of nitrogens with zero attached hydrogens (tertiary/aromatic N) is 2. The topological polar surface area (TPSA) is 79.6 Å². The van der Waals surface area contributed by atoms with Crippen LogP contribution >= 0.6 is 0 Å². The number of aromatic amines is 1. The minimum Gasteiger partial charge on any atom is -0.384 e. The highest BCUT2D eigenvalue weighted by molar-refractivity contribution is 5.72. The number of imidazole rings is 1. The zero-order valence-electron chi connectivity index (χ0n) is 10.7. The third-order valence-corrected chi connectivity index (χ3v) is 3.74. The first-order valence-corrected chi connectivity index (χ1v) is 6.61. The van der Waals surface area contributed by atoms with Crippen molar-refractivity contribution in [1.29, 1.82) is 0 Å². The SMILES string of the molecule is CCCC1(c2nc3nc(N)ccc3[nH]2)CCCN1. The molecule has 4 N–H and O–H groups in total. The highest BCUT2D eigenvalue weighted by Gasteiger charge is 2.37. The van der Waals surface area contributed by atoms with Crippen LogP contribution in [0.2, 0.25) is 0 Å². The van der Waals surface area contributed by atoms with Gasteiger partial charge >= 0.3 is 0 Å². The summed E-state index contributed by atoms with van der Waals surface area (Å²) in [6.45, 7) is 3.27. The molecule has 0 spiro atoms. The van der Waals surface area contributed by atoms with Crippen LogP contribution in [0, 0.1) is 0 Å². The van der Waals surface area contributed by atoms with Crippen molar-refractivity contribution < 1.29 is 0 Å². The molecule has 3 heterocycles. The van der Waals surface area contributed by atoms with E-state index in [4.69, 9.17) is 5.73 Å². The van der Waals surface area contributed by atoms with E-state index in [0.717, 1.165) is 37.1 Å². The molecule has 3 rings (SSSR count). The summed E-state index contributed by atoms with van der Waals surface area (Å²) in [5.74, 6) is 1.53. The Morgan fingerprint density at radius 1 is 1.39 bits per heavy atom. The summed E-state index contributed by atoms with van der Waals surface area (Å²) in [6.07, 6.45) is 4.57. The zero-order valence-corrected chi connectivity index (χ0v) is 10.7. The molecule has 5 nitrogen and oxygen atoms in total. The normalized spacial score (nSPS) is 23.8. The summed E-state index contributed by atoms with van der Waals surface area (Å²) in [5, 5.41) is 3.61. The number of nitrogens with two attached hydrogens (primary N) is 1. The van der Waals surface area contributed by atoms with E-state index in [9.17, 15) is 0 Å². The fourth-order valence-corrected chi connectivity index (χ4v) is 2.90. The van der Waals surface area contributed by atoms with E-state index in [-0.39, 0.29) is 5.54 Å². The number of nitrogens with one attached hydrogen (secondary N) is 2. The molecular formula is C13H19N5. The monoisotopic (exact) mass is 245 g/mol. The zero-order chi connectivity index (χ0) is 12.6. The smallest absolute Gasteiger partial charge is 0.179 e. The maximum atomic E-state index is 5.70. The summed E-state index contributed by atoms with van der Waals surface area (Å²) < 4.78 is 0. The van der Waals surface area contributed by atoms with Crippen LogP contribution in [0.1, 0.15) is 38.4 Å². The van der Waals surface area contributed by atoms with Crippen molar-refractivity contribution in [2.75, 3.05) is 12.3 Å². The number of rotatable bonds is 3. The molecule has 0 saturated carbocycles. The van der Waals surface area contributed by atoms with Gasteiger partial charge in [-0.2, -0.15) is 0 Å². The molecule has 96 valence electrons.